The fraction of sp³-hybridized carbons (Fsp3) is 0.368. The average molecular weight is 339 g/mol. The molecule has 2 heterocycles. The van der Waals surface area contributed by atoms with E-state index in [1.807, 2.05) is 36.5 Å². The summed E-state index contributed by atoms with van der Waals surface area (Å²) >= 11 is 0. The van der Waals surface area contributed by atoms with E-state index in [2.05, 4.69) is 26.3 Å². The van der Waals surface area contributed by atoms with Gasteiger partial charge in [-0.25, -0.2) is 9.98 Å². The number of methoxy groups -OCH3 is 1. The molecule has 25 heavy (non-hydrogen) atoms. The van der Waals surface area contributed by atoms with E-state index < -0.39 is 0 Å². The molecule has 1 aliphatic rings. The van der Waals surface area contributed by atoms with Crippen LogP contribution in [-0.2, 0) is 6.54 Å². The van der Waals surface area contributed by atoms with Gasteiger partial charge < -0.3 is 20.7 Å². The van der Waals surface area contributed by atoms with E-state index in [0.717, 1.165) is 35.9 Å². The Hall–Kier alpha value is -2.76. The monoisotopic (exact) mass is 339 g/mol. The van der Waals surface area contributed by atoms with Gasteiger partial charge in [0.05, 0.1) is 13.7 Å². The minimum atomic E-state index is 0.377. The summed E-state index contributed by atoms with van der Waals surface area (Å²) in [7, 11) is 1.64. The molecule has 1 fully saturated rings. The number of nitrogens with zero attached hydrogens (tertiary/aromatic N) is 3. The molecule has 0 saturated carbocycles. The molecule has 0 atom stereocenters. The van der Waals surface area contributed by atoms with Crippen molar-refractivity contribution in [2.45, 2.75) is 25.8 Å². The number of guanidine groups is 1. The van der Waals surface area contributed by atoms with E-state index in [4.69, 9.17) is 10.5 Å². The molecule has 0 unspecified atom stereocenters. The van der Waals surface area contributed by atoms with Gasteiger partial charge in [-0.2, -0.15) is 0 Å². The minimum Gasteiger partial charge on any atom is -0.497 e. The van der Waals surface area contributed by atoms with E-state index in [-0.39, 0.29) is 0 Å². The number of nitrogens with two attached hydrogens (primary N) is 1. The van der Waals surface area contributed by atoms with E-state index in [0.29, 0.717) is 12.5 Å². The van der Waals surface area contributed by atoms with Gasteiger partial charge in [0.1, 0.15) is 11.6 Å². The molecule has 0 spiro atoms. The van der Waals surface area contributed by atoms with Gasteiger partial charge in [0.2, 0.25) is 0 Å². The molecule has 1 aliphatic heterocycles. The van der Waals surface area contributed by atoms with Gasteiger partial charge in [0.15, 0.2) is 5.96 Å². The Bertz CT molecular complexity index is 725. The van der Waals surface area contributed by atoms with Crippen molar-refractivity contribution in [3.8, 4) is 5.75 Å². The SMILES string of the molecule is COc1cccc(NC(N)=NCc2cccnc2N2CCCCC2)c1. The van der Waals surface area contributed by atoms with Crippen molar-refractivity contribution in [1.29, 1.82) is 0 Å². The second-order valence-corrected chi connectivity index (χ2v) is 6.09. The highest BCUT2D eigenvalue weighted by molar-refractivity contribution is 5.92. The van der Waals surface area contributed by atoms with Crippen molar-refractivity contribution < 1.29 is 4.74 Å². The van der Waals surface area contributed by atoms with E-state index in [9.17, 15) is 0 Å². The van der Waals surface area contributed by atoms with Gasteiger partial charge in [0, 0.05) is 36.6 Å². The van der Waals surface area contributed by atoms with Gasteiger partial charge in [-0.3, -0.25) is 0 Å². The Kier molecular flexibility index (Phi) is 5.72. The van der Waals surface area contributed by atoms with Gasteiger partial charge in [-0.1, -0.05) is 12.1 Å². The number of pyridine rings is 1. The first-order chi connectivity index (χ1) is 12.3. The average Bonchev–Trinajstić information content (AvgIpc) is 2.67. The Morgan fingerprint density at radius 1 is 1.24 bits per heavy atom. The van der Waals surface area contributed by atoms with Gasteiger partial charge >= 0.3 is 0 Å². The van der Waals surface area contributed by atoms with E-state index >= 15 is 0 Å². The fourth-order valence-electron chi connectivity index (χ4n) is 3.00. The minimum absolute atomic E-state index is 0.377. The van der Waals surface area contributed by atoms with Crippen molar-refractivity contribution in [2.24, 2.45) is 10.7 Å². The first-order valence-electron chi connectivity index (χ1n) is 8.66. The molecule has 6 heteroatoms. The van der Waals surface area contributed by atoms with Gasteiger partial charge in [-0.05, 0) is 37.5 Å². The molecule has 0 aliphatic carbocycles. The van der Waals surface area contributed by atoms with Crippen LogP contribution < -0.4 is 20.7 Å². The molecule has 6 nitrogen and oxygen atoms in total. The maximum Gasteiger partial charge on any atom is 0.193 e. The number of piperidine rings is 1. The third-order valence-electron chi connectivity index (χ3n) is 4.28. The van der Waals surface area contributed by atoms with Crippen LogP contribution >= 0.6 is 0 Å². The maximum atomic E-state index is 6.04. The number of rotatable bonds is 5. The lowest BCUT2D eigenvalue weighted by Crippen LogP contribution is -2.31. The highest BCUT2D eigenvalue weighted by Crippen LogP contribution is 2.22. The zero-order valence-corrected chi connectivity index (χ0v) is 14.6. The predicted molar refractivity (Wildman–Crippen MR) is 102 cm³/mol. The maximum absolute atomic E-state index is 6.04. The zero-order valence-electron chi connectivity index (χ0n) is 14.6. The lowest BCUT2D eigenvalue weighted by molar-refractivity contribution is 0.415. The number of hydrogen-bond donors (Lipinski definition) is 2. The van der Waals surface area contributed by atoms with Crippen molar-refractivity contribution in [3.05, 3.63) is 48.2 Å². The van der Waals surface area contributed by atoms with Crippen LogP contribution in [-0.4, -0.2) is 31.1 Å². The number of aliphatic imine (C=N–C) groups is 1. The van der Waals surface area contributed by atoms with Crippen LogP contribution in [0.1, 0.15) is 24.8 Å². The van der Waals surface area contributed by atoms with Gasteiger partial charge in [-0.15, -0.1) is 0 Å². The highest BCUT2D eigenvalue weighted by atomic mass is 16.5. The molecule has 132 valence electrons. The Morgan fingerprint density at radius 3 is 2.88 bits per heavy atom. The summed E-state index contributed by atoms with van der Waals surface area (Å²) < 4.78 is 5.21. The second-order valence-electron chi connectivity index (χ2n) is 6.09. The number of ether oxygens (including phenoxy) is 1. The quantitative estimate of drug-likeness (QED) is 0.647. The highest BCUT2D eigenvalue weighted by Gasteiger charge is 2.15. The molecule has 2 aromatic rings. The summed E-state index contributed by atoms with van der Waals surface area (Å²) in [4.78, 5) is 11.4. The predicted octanol–water partition coefficient (Wildman–Crippen LogP) is 3.01. The molecule has 0 bridgehead atoms. The lowest BCUT2D eigenvalue weighted by atomic mass is 10.1. The summed E-state index contributed by atoms with van der Waals surface area (Å²) in [6.07, 6.45) is 5.58. The third-order valence-corrected chi connectivity index (χ3v) is 4.28. The topological polar surface area (TPSA) is 75.8 Å². The second kappa shape index (κ2) is 8.37. The first-order valence-corrected chi connectivity index (χ1v) is 8.66. The Labute approximate surface area is 148 Å². The molecular weight excluding hydrogens is 314 g/mol. The van der Waals surface area contributed by atoms with Crippen LogP contribution in [0.2, 0.25) is 0 Å². The number of hydrogen-bond acceptors (Lipinski definition) is 4. The number of aromatic nitrogens is 1. The van der Waals surface area contributed by atoms with Crippen molar-refractivity contribution in [3.63, 3.8) is 0 Å². The van der Waals surface area contributed by atoms with Crippen molar-refractivity contribution >= 4 is 17.5 Å². The largest absolute Gasteiger partial charge is 0.497 e. The molecular formula is C19H25N5O. The van der Waals surface area contributed by atoms with Crippen LogP contribution in [0, 0.1) is 0 Å². The summed E-state index contributed by atoms with van der Waals surface area (Å²) in [6, 6.07) is 11.6. The number of anilines is 2. The smallest absolute Gasteiger partial charge is 0.193 e. The van der Waals surface area contributed by atoms with Crippen LogP contribution in [0.3, 0.4) is 0 Å². The number of nitrogens with one attached hydrogen (secondary N) is 1. The first kappa shape index (κ1) is 17.1. The fourth-order valence-corrected chi connectivity index (χ4v) is 3.00. The van der Waals surface area contributed by atoms with Crippen LogP contribution in [0.5, 0.6) is 5.75 Å². The molecule has 1 aromatic heterocycles. The Morgan fingerprint density at radius 2 is 2.08 bits per heavy atom. The standard InChI is InChI=1S/C19H25N5O/c1-25-17-9-5-8-16(13-17)23-19(20)22-14-15-7-6-10-21-18(15)24-11-3-2-4-12-24/h5-10,13H,2-4,11-12,14H2,1H3,(H3,20,22,23). The zero-order chi connectivity index (χ0) is 17.5. The van der Waals surface area contributed by atoms with Crippen LogP contribution in [0.15, 0.2) is 47.6 Å². The molecule has 1 aromatic carbocycles. The molecule has 3 rings (SSSR count). The summed E-state index contributed by atoms with van der Waals surface area (Å²) in [5, 5.41) is 3.10. The number of benzene rings is 1. The lowest BCUT2D eigenvalue weighted by Gasteiger charge is -2.29. The molecule has 0 radical (unpaired) electrons. The summed E-state index contributed by atoms with van der Waals surface area (Å²) in [5.41, 5.74) is 7.98. The normalized spacial score (nSPS) is 15.1. The van der Waals surface area contributed by atoms with Crippen LogP contribution in [0.25, 0.3) is 0 Å². The van der Waals surface area contributed by atoms with Gasteiger partial charge in [0.25, 0.3) is 0 Å². The Balaban J connectivity index is 1.68. The van der Waals surface area contributed by atoms with Crippen molar-refractivity contribution in [2.75, 3.05) is 30.4 Å². The van der Waals surface area contributed by atoms with E-state index in [1.54, 1.807) is 7.11 Å². The molecule has 3 N–H and O–H groups in total. The van der Waals surface area contributed by atoms with Crippen molar-refractivity contribution in [1.82, 2.24) is 4.98 Å². The third kappa shape index (κ3) is 4.62. The van der Waals surface area contributed by atoms with E-state index in [1.165, 1.54) is 19.3 Å². The van der Waals surface area contributed by atoms with Crippen LogP contribution in [0.4, 0.5) is 11.5 Å². The summed E-state index contributed by atoms with van der Waals surface area (Å²) in [5.74, 6) is 2.18. The molecule has 0 amide bonds. The molecule has 1 saturated heterocycles. The summed E-state index contributed by atoms with van der Waals surface area (Å²) in [6.45, 7) is 2.62.